The molecular weight excluding hydrogens is 275 g/mol. The molecule has 0 amide bonds. The van der Waals surface area contributed by atoms with Crippen LogP contribution in [0.15, 0.2) is 18.2 Å². The lowest BCUT2D eigenvalue weighted by atomic mass is 10.1. The summed E-state index contributed by atoms with van der Waals surface area (Å²) in [5.74, 6) is -0.189. The SMILES string of the molecule is NC(=S)c1ccc(F)c(CN2CCOC3CCCC32)c1. The van der Waals surface area contributed by atoms with Gasteiger partial charge in [0, 0.05) is 30.3 Å². The number of fused-ring (bicyclic) bond motifs is 1. The first-order chi connectivity index (χ1) is 9.65. The van der Waals surface area contributed by atoms with Crippen LogP contribution in [-0.2, 0) is 11.3 Å². The Labute approximate surface area is 123 Å². The highest BCUT2D eigenvalue weighted by Gasteiger charge is 2.36. The second-order valence-electron chi connectivity index (χ2n) is 5.55. The Hall–Kier alpha value is -1.04. The van der Waals surface area contributed by atoms with E-state index >= 15 is 0 Å². The monoisotopic (exact) mass is 294 g/mol. The van der Waals surface area contributed by atoms with Crippen LogP contribution in [0.2, 0.25) is 0 Å². The van der Waals surface area contributed by atoms with Crippen molar-refractivity contribution in [2.45, 2.75) is 38.0 Å². The second-order valence-corrected chi connectivity index (χ2v) is 5.99. The topological polar surface area (TPSA) is 38.5 Å². The van der Waals surface area contributed by atoms with Gasteiger partial charge in [-0.05, 0) is 37.5 Å². The van der Waals surface area contributed by atoms with E-state index < -0.39 is 0 Å². The van der Waals surface area contributed by atoms with Gasteiger partial charge in [-0.3, -0.25) is 4.90 Å². The molecule has 2 atom stereocenters. The minimum Gasteiger partial charge on any atom is -0.389 e. The van der Waals surface area contributed by atoms with Crippen LogP contribution in [0.25, 0.3) is 0 Å². The van der Waals surface area contributed by atoms with Gasteiger partial charge in [-0.25, -0.2) is 4.39 Å². The fourth-order valence-corrected chi connectivity index (χ4v) is 3.40. The van der Waals surface area contributed by atoms with Crippen LogP contribution in [0.4, 0.5) is 4.39 Å². The van der Waals surface area contributed by atoms with Crippen molar-refractivity contribution in [2.24, 2.45) is 5.73 Å². The maximum absolute atomic E-state index is 14.0. The lowest BCUT2D eigenvalue weighted by molar-refractivity contribution is -0.0591. The summed E-state index contributed by atoms with van der Waals surface area (Å²) in [7, 11) is 0. The molecule has 0 spiro atoms. The van der Waals surface area contributed by atoms with Crippen LogP contribution in [-0.4, -0.2) is 35.2 Å². The Kier molecular flexibility index (Phi) is 4.01. The maximum Gasteiger partial charge on any atom is 0.127 e. The molecule has 1 aliphatic carbocycles. The van der Waals surface area contributed by atoms with Crippen LogP contribution >= 0.6 is 12.2 Å². The van der Waals surface area contributed by atoms with Gasteiger partial charge in [-0.1, -0.05) is 12.2 Å². The lowest BCUT2D eigenvalue weighted by Crippen LogP contribution is -2.48. The highest BCUT2D eigenvalue weighted by atomic mass is 32.1. The zero-order chi connectivity index (χ0) is 14.1. The Morgan fingerprint density at radius 3 is 3.10 bits per heavy atom. The van der Waals surface area contributed by atoms with Crippen molar-refractivity contribution in [1.29, 1.82) is 0 Å². The first kappa shape index (κ1) is 13.9. The highest BCUT2D eigenvalue weighted by Crippen LogP contribution is 2.31. The second kappa shape index (κ2) is 5.76. The summed E-state index contributed by atoms with van der Waals surface area (Å²) in [4.78, 5) is 2.65. The van der Waals surface area contributed by atoms with Gasteiger partial charge >= 0.3 is 0 Å². The molecule has 0 aromatic heterocycles. The Morgan fingerprint density at radius 1 is 1.45 bits per heavy atom. The first-order valence-corrected chi connectivity index (χ1v) is 7.50. The summed E-state index contributed by atoms with van der Waals surface area (Å²) in [6, 6.07) is 5.29. The number of rotatable bonds is 3. The summed E-state index contributed by atoms with van der Waals surface area (Å²) in [6.45, 7) is 2.20. The van der Waals surface area contributed by atoms with E-state index in [1.807, 2.05) is 0 Å². The molecule has 2 aliphatic rings. The van der Waals surface area contributed by atoms with Crippen molar-refractivity contribution in [2.75, 3.05) is 13.2 Å². The van der Waals surface area contributed by atoms with E-state index in [2.05, 4.69) is 4.90 Å². The van der Waals surface area contributed by atoms with Crippen molar-refractivity contribution in [3.8, 4) is 0 Å². The summed E-state index contributed by atoms with van der Waals surface area (Å²) in [6.07, 6.45) is 3.78. The van der Waals surface area contributed by atoms with E-state index in [1.54, 1.807) is 12.1 Å². The summed E-state index contributed by atoms with van der Waals surface area (Å²) in [5, 5.41) is 0. The van der Waals surface area contributed by atoms with Crippen molar-refractivity contribution >= 4 is 17.2 Å². The van der Waals surface area contributed by atoms with Gasteiger partial charge in [0.05, 0.1) is 12.7 Å². The normalized spacial score (nSPS) is 26.4. The van der Waals surface area contributed by atoms with E-state index in [4.69, 9.17) is 22.7 Å². The third-order valence-electron chi connectivity index (χ3n) is 4.30. The van der Waals surface area contributed by atoms with E-state index in [0.29, 0.717) is 29.2 Å². The molecule has 2 unspecified atom stereocenters. The Balaban J connectivity index is 1.79. The molecule has 2 fully saturated rings. The average Bonchev–Trinajstić information content (AvgIpc) is 2.90. The third-order valence-corrected chi connectivity index (χ3v) is 4.54. The molecular formula is C15H19FN2OS. The van der Waals surface area contributed by atoms with Gasteiger partial charge in [0.25, 0.3) is 0 Å². The number of morpholine rings is 1. The predicted octanol–water partition coefficient (Wildman–Crippen LogP) is 2.21. The van der Waals surface area contributed by atoms with Crippen LogP contribution in [0, 0.1) is 5.82 Å². The number of thiocarbonyl (C=S) groups is 1. The van der Waals surface area contributed by atoms with Gasteiger partial charge in [-0.15, -0.1) is 0 Å². The Bertz CT molecular complexity index is 523. The molecule has 1 aliphatic heterocycles. The quantitative estimate of drug-likeness (QED) is 0.868. The lowest BCUT2D eigenvalue weighted by Gasteiger charge is -2.37. The molecule has 1 saturated heterocycles. The number of hydrogen-bond acceptors (Lipinski definition) is 3. The number of nitrogens with zero attached hydrogens (tertiary/aromatic N) is 1. The summed E-state index contributed by atoms with van der Waals surface area (Å²) >= 11 is 4.97. The largest absolute Gasteiger partial charge is 0.389 e. The fraction of sp³-hybridized carbons (Fsp3) is 0.533. The van der Waals surface area contributed by atoms with E-state index in [0.717, 1.165) is 31.6 Å². The predicted molar refractivity (Wildman–Crippen MR) is 80.1 cm³/mol. The fourth-order valence-electron chi connectivity index (χ4n) is 3.27. The molecule has 2 N–H and O–H groups in total. The minimum absolute atomic E-state index is 0.189. The van der Waals surface area contributed by atoms with Crippen molar-refractivity contribution in [1.82, 2.24) is 4.90 Å². The number of hydrogen-bond donors (Lipinski definition) is 1. The molecule has 5 heteroatoms. The number of benzene rings is 1. The van der Waals surface area contributed by atoms with Crippen molar-refractivity contribution in [3.63, 3.8) is 0 Å². The Morgan fingerprint density at radius 2 is 2.30 bits per heavy atom. The average molecular weight is 294 g/mol. The van der Waals surface area contributed by atoms with Crippen LogP contribution in [0.5, 0.6) is 0 Å². The summed E-state index contributed by atoms with van der Waals surface area (Å²) in [5.41, 5.74) is 7.03. The van der Waals surface area contributed by atoms with E-state index in [9.17, 15) is 4.39 Å². The van der Waals surface area contributed by atoms with Gasteiger partial charge in [0.2, 0.25) is 0 Å². The molecule has 1 heterocycles. The van der Waals surface area contributed by atoms with Crippen molar-refractivity contribution in [3.05, 3.63) is 35.1 Å². The van der Waals surface area contributed by atoms with Crippen LogP contribution in [0.3, 0.4) is 0 Å². The van der Waals surface area contributed by atoms with Gasteiger partial charge < -0.3 is 10.5 Å². The third kappa shape index (κ3) is 2.71. The van der Waals surface area contributed by atoms with E-state index in [-0.39, 0.29) is 5.82 Å². The molecule has 1 saturated carbocycles. The van der Waals surface area contributed by atoms with E-state index in [1.165, 1.54) is 12.5 Å². The summed E-state index contributed by atoms with van der Waals surface area (Å²) < 4.78 is 19.8. The van der Waals surface area contributed by atoms with Gasteiger partial charge in [-0.2, -0.15) is 0 Å². The zero-order valence-electron chi connectivity index (χ0n) is 11.3. The van der Waals surface area contributed by atoms with Crippen LogP contribution < -0.4 is 5.73 Å². The number of halogens is 1. The molecule has 1 aromatic rings. The van der Waals surface area contributed by atoms with Gasteiger partial charge in [0.1, 0.15) is 10.8 Å². The van der Waals surface area contributed by atoms with Crippen LogP contribution in [0.1, 0.15) is 30.4 Å². The molecule has 108 valence electrons. The zero-order valence-corrected chi connectivity index (χ0v) is 12.2. The first-order valence-electron chi connectivity index (χ1n) is 7.09. The maximum atomic E-state index is 14.0. The molecule has 0 bridgehead atoms. The van der Waals surface area contributed by atoms with Gasteiger partial charge in [0.15, 0.2) is 0 Å². The molecule has 3 nitrogen and oxygen atoms in total. The highest BCUT2D eigenvalue weighted by molar-refractivity contribution is 7.80. The minimum atomic E-state index is -0.189. The molecule has 20 heavy (non-hydrogen) atoms. The standard InChI is InChI=1S/C15H19FN2OS/c16-12-5-4-10(15(17)20)8-11(12)9-18-6-7-19-14-3-1-2-13(14)18/h4-5,8,13-14H,1-3,6-7,9H2,(H2,17,20). The smallest absolute Gasteiger partial charge is 0.127 e. The number of nitrogens with two attached hydrogens (primary N) is 1. The van der Waals surface area contributed by atoms with Crippen molar-refractivity contribution < 1.29 is 9.13 Å². The molecule has 1 aromatic carbocycles. The number of ether oxygens (including phenoxy) is 1. The molecule has 3 rings (SSSR count). The molecule has 0 radical (unpaired) electrons.